The van der Waals surface area contributed by atoms with Gasteiger partial charge < -0.3 is 14.7 Å². The van der Waals surface area contributed by atoms with Gasteiger partial charge in [0, 0.05) is 16.8 Å². The second kappa shape index (κ2) is 6.76. The molecule has 25 heavy (non-hydrogen) atoms. The zero-order valence-electron chi connectivity index (χ0n) is 13.9. The van der Waals surface area contributed by atoms with Crippen LogP contribution >= 0.6 is 11.6 Å². The number of nitrogens with zero attached hydrogens (tertiary/aromatic N) is 1. The van der Waals surface area contributed by atoms with Crippen LogP contribution in [0.3, 0.4) is 0 Å². The number of carbonyl (C=O) groups excluding carboxylic acids is 2. The summed E-state index contributed by atoms with van der Waals surface area (Å²) in [7, 11) is 0. The maximum atomic E-state index is 12.8. The normalized spacial score (nSPS) is 17.1. The molecule has 2 aromatic carbocycles. The topological polar surface area (TPSA) is 66.8 Å². The molecule has 0 unspecified atom stereocenters. The Morgan fingerprint density at radius 2 is 2.00 bits per heavy atom. The van der Waals surface area contributed by atoms with Crippen molar-refractivity contribution in [1.82, 2.24) is 0 Å². The summed E-state index contributed by atoms with van der Waals surface area (Å²) >= 11 is 5.84. The summed E-state index contributed by atoms with van der Waals surface area (Å²) in [6.45, 7) is 3.48. The minimum Gasteiger partial charge on any atom is -0.507 e. The van der Waals surface area contributed by atoms with Crippen molar-refractivity contribution in [3.05, 3.63) is 58.6 Å². The molecule has 5 nitrogen and oxygen atoms in total. The molecule has 130 valence electrons. The number of phenolic OH excluding ortho intramolecular Hbond substituents is 1. The number of hydrogen-bond acceptors (Lipinski definition) is 4. The van der Waals surface area contributed by atoms with Crippen molar-refractivity contribution in [2.45, 2.75) is 32.4 Å². The van der Waals surface area contributed by atoms with E-state index in [9.17, 15) is 14.7 Å². The van der Waals surface area contributed by atoms with E-state index >= 15 is 0 Å². The number of ether oxygens (including phenoxy) is 1. The molecule has 3 rings (SSSR count). The third-order valence-electron chi connectivity index (χ3n) is 4.25. The van der Waals surface area contributed by atoms with Crippen molar-refractivity contribution in [3.63, 3.8) is 0 Å². The fourth-order valence-electron chi connectivity index (χ4n) is 3.04. The molecule has 0 bridgehead atoms. The van der Waals surface area contributed by atoms with Crippen LogP contribution in [0.25, 0.3) is 0 Å². The molecule has 0 spiro atoms. The molecule has 0 aliphatic carbocycles. The van der Waals surface area contributed by atoms with E-state index in [1.54, 1.807) is 4.90 Å². The number of para-hydroxylation sites is 1. The summed E-state index contributed by atoms with van der Waals surface area (Å²) in [5.41, 5.74) is 1.87. The number of benzene rings is 2. The Kier molecular flexibility index (Phi) is 4.68. The van der Waals surface area contributed by atoms with Crippen molar-refractivity contribution in [1.29, 1.82) is 0 Å². The van der Waals surface area contributed by atoms with Gasteiger partial charge in [0.1, 0.15) is 11.3 Å². The lowest BCUT2D eigenvalue weighted by molar-refractivity contribution is -0.126. The van der Waals surface area contributed by atoms with Gasteiger partial charge in [-0.05, 0) is 50.1 Å². The Morgan fingerprint density at radius 1 is 1.28 bits per heavy atom. The standard InChI is InChI=1S/C19H18ClNO4/c1-11-9-13-5-3-4-6-16(13)21(11)18(23)12(2)25-19(24)15-10-14(20)7-8-17(15)22/h3-8,10-12,22H,9H2,1-2H3/t11-,12+/m1/s1. The number of carbonyl (C=O) groups is 2. The highest BCUT2D eigenvalue weighted by Gasteiger charge is 2.34. The van der Waals surface area contributed by atoms with E-state index in [-0.39, 0.29) is 23.3 Å². The first-order valence-corrected chi connectivity index (χ1v) is 8.36. The summed E-state index contributed by atoms with van der Waals surface area (Å²) in [6, 6.07) is 11.8. The molecule has 1 aliphatic rings. The van der Waals surface area contributed by atoms with E-state index in [2.05, 4.69) is 0 Å². The molecule has 1 aliphatic heterocycles. The van der Waals surface area contributed by atoms with Crippen LogP contribution in [0, 0.1) is 0 Å². The van der Waals surface area contributed by atoms with Gasteiger partial charge in [-0.2, -0.15) is 0 Å². The molecule has 2 atom stereocenters. The summed E-state index contributed by atoms with van der Waals surface area (Å²) < 4.78 is 5.26. The quantitative estimate of drug-likeness (QED) is 0.851. The van der Waals surface area contributed by atoms with Crippen LogP contribution in [0.2, 0.25) is 5.02 Å². The lowest BCUT2D eigenvalue weighted by Crippen LogP contribution is -2.43. The van der Waals surface area contributed by atoms with Crippen molar-refractivity contribution < 1.29 is 19.4 Å². The van der Waals surface area contributed by atoms with Gasteiger partial charge in [-0.1, -0.05) is 29.8 Å². The lowest BCUT2D eigenvalue weighted by Gasteiger charge is -2.26. The number of halogens is 1. The number of rotatable bonds is 3. The number of hydrogen-bond donors (Lipinski definition) is 1. The van der Waals surface area contributed by atoms with Crippen molar-refractivity contribution in [2.24, 2.45) is 0 Å². The number of fused-ring (bicyclic) bond motifs is 1. The zero-order valence-corrected chi connectivity index (χ0v) is 14.7. The average Bonchev–Trinajstić information content (AvgIpc) is 2.91. The van der Waals surface area contributed by atoms with E-state index in [4.69, 9.17) is 16.3 Å². The number of esters is 1. The highest BCUT2D eigenvalue weighted by Crippen LogP contribution is 2.32. The van der Waals surface area contributed by atoms with Crippen LogP contribution in [0.1, 0.15) is 29.8 Å². The van der Waals surface area contributed by atoms with E-state index in [0.717, 1.165) is 17.7 Å². The van der Waals surface area contributed by atoms with Crippen LogP contribution in [0.4, 0.5) is 5.69 Å². The van der Waals surface area contributed by atoms with Crippen LogP contribution in [-0.2, 0) is 16.0 Å². The Morgan fingerprint density at radius 3 is 2.76 bits per heavy atom. The van der Waals surface area contributed by atoms with Gasteiger partial charge in [0.2, 0.25) is 0 Å². The SMILES string of the molecule is C[C@H](OC(=O)c1cc(Cl)ccc1O)C(=O)N1c2ccccc2C[C@H]1C. The molecule has 6 heteroatoms. The third-order valence-corrected chi connectivity index (χ3v) is 4.49. The molecule has 1 amide bonds. The predicted octanol–water partition coefficient (Wildman–Crippen LogP) is 3.57. The monoisotopic (exact) mass is 359 g/mol. The van der Waals surface area contributed by atoms with E-state index in [1.165, 1.54) is 25.1 Å². The maximum absolute atomic E-state index is 12.8. The highest BCUT2D eigenvalue weighted by molar-refractivity contribution is 6.31. The van der Waals surface area contributed by atoms with Crippen LogP contribution in [0.5, 0.6) is 5.75 Å². The van der Waals surface area contributed by atoms with E-state index < -0.39 is 12.1 Å². The van der Waals surface area contributed by atoms with Crippen molar-refractivity contribution in [2.75, 3.05) is 4.90 Å². The molecule has 2 aromatic rings. The first kappa shape index (κ1) is 17.3. The zero-order chi connectivity index (χ0) is 18.1. The number of anilines is 1. The molecule has 0 aromatic heterocycles. The molecule has 1 heterocycles. The Labute approximate surface area is 150 Å². The van der Waals surface area contributed by atoms with E-state index in [1.807, 2.05) is 31.2 Å². The minimum absolute atomic E-state index is 0.00868. The first-order valence-electron chi connectivity index (χ1n) is 7.99. The Bertz CT molecular complexity index is 836. The fraction of sp³-hybridized carbons (Fsp3) is 0.263. The number of aromatic hydroxyl groups is 1. The molecular formula is C19H18ClNO4. The van der Waals surface area contributed by atoms with Gasteiger partial charge >= 0.3 is 5.97 Å². The van der Waals surface area contributed by atoms with Gasteiger partial charge in [0.25, 0.3) is 5.91 Å². The summed E-state index contributed by atoms with van der Waals surface area (Å²) in [5.74, 6) is -1.33. The summed E-state index contributed by atoms with van der Waals surface area (Å²) in [5, 5.41) is 10.1. The highest BCUT2D eigenvalue weighted by atomic mass is 35.5. The summed E-state index contributed by atoms with van der Waals surface area (Å²) in [4.78, 5) is 26.7. The molecule has 1 N–H and O–H groups in total. The molecule has 0 saturated heterocycles. The maximum Gasteiger partial charge on any atom is 0.342 e. The molecular weight excluding hydrogens is 342 g/mol. The van der Waals surface area contributed by atoms with Gasteiger partial charge in [-0.25, -0.2) is 4.79 Å². The first-order chi connectivity index (χ1) is 11.9. The third kappa shape index (κ3) is 3.33. The van der Waals surface area contributed by atoms with Crippen LogP contribution in [0.15, 0.2) is 42.5 Å². The largest absolute Gasteiger partial charge is 0.507 e. The molecule has 0 saturated carbocycles. The second-order valence-corrected chi connectivity index (χ2v) is 6.54. The van der Waals surface area contributed by atoms with Gasteiger partial charge in [0.05, 0.1) is 0 Å². The minimum atomic E-state index is -0.987. The van der Waals surface area contributed by atoms with Gasteiger partial charge in [-0.15, -0.1) is 0 Å². The Hall–Kier alpha value is -2.53. The summed E-state index contributed by atoms with van der Waals surface area (Å²) in [6.07, 6.45) is -0.225. The molecule has 0 radical (unpaired) electrons. The Balaban J connectivity index is 1.77. The fourth-order valence-corrected chi connectivity index (χ4v) is 3.22. The molecule has 0 fully saturated rings. The predicted molar refractivity (Wildman–Crippen MR) is 95.1 cm³/mol. The van der Waals surface area contributed by atoms with Crippen LogP contribution in [-0.4, -0.2) is 29.1 Å². The van der Waals surface area contributed by atoms with Gasteiger partial charge in [0.15, 0.2) is 6.10 Å². The van der Waals surface area contributed by atoms with Crippen molar-refractivity contribution >= 4 is 29.2 Å². The van der Waals surface area contributed by atoms with Gasteiger partial charge in [-0.3, -0.25) is 4.79 Å². The van der Waals surface area contributed by atoms with Crippen LogP contribution < -0.4 is 4.90 Å². The number of phenols is 1. The van der Waals surface area contributed by atoms with E-state index in [0.29, 0.717) is 5.02 Å². The smallest absolute Gasteiger partial charge is 0.342 e. The average molecular weight is 360 g/mol. The number of amides is 1. The van der Waals surface area contributed by atoms with Crippen molar-refractivity contribution in [3.8, 4) is 5.75 Å². The second-order valence-electron chi connectivity index (χ2n) is 6.10. The lowest BCUT2D eigenvalue weighted by atomic mass is 10.1.